The summed E-state index contributed by atoms with van der Waals surface area (Å²) in [5, 5.41) is 8.62. The summed E-state index contributed by atoms with van der Waals surface area (Å²) in [6.07, 6.45) is -2.97. The molecule has 0 aromatic heterocycles. The molecule has 0 atom stereocenters. The van der Waals surface area contributed by atoms with Gasteiger partial charge in [0.2, 0.25) is 5.91 Å². The van der Waals surface area contributed by atoms with Gasteiger partial charge in [-0.1, -0.05) is 23.8 Å². The van der Waals surface area contributed by atoms with Crippen molar-refractivity contribution in [2.75, 3.05) is 18.8 Å². The van der Waals surface area contributed by atoms with Crippen molar-refractivity contribution in [3.8, 4) is 0 Å². The molecule has 2 aromatic carbocycles. The van der Waals surface area contributed by atoms with Gasteiger partial charge in [-0.05, 0) is 56.0 Å². The number of carbonyl (C=O) groups excluding carboxylic acids is 2. The second-order valence-corrected chi connectivity index (χ2v) is 8.34. The highest BCUT2D eigenvalue weighted by Gasteiger charge is 2.43. The van der Waals surface area contributed by atoms with Gasteiger partial charge < -0.3 is 21.7 Å². The van der Waals surface area contributed by atoms with Gasteiger partial charge >= 0.3 is 6.18 Å². The third kappa shape index (κ3) is 6.00. The van der Waals surface area contributed by atoms with E-state index in [1.54, 1.807) is 0 Å². The van der Waals surface area contributed by atoms with E-state index in [1.165, 1.54) is 16.7 Å². The third-order valence-electron chi connectivity index (χ3n) is 5.57. The SMILES string of the molecule is Cc1ccc(CNCC2(NC(=O)CNC(=O)c3cc(C(F)(F)F)ccc3N)CC2)c(C)c1. The second kappa shape index (κ2) is 9.20. The van der Waals surface area contributed by atoms with Crippen molar-refractivity contribution in [1.82, 2.24) is 16.0 Å². The van der Waals surface area contributed by atoms with E-state index >= 15 is 0 Å². The van der Waals surface area contributed by atoms with Crippen LogP contribution in [-0.4, -0.2) is 30.4 Å². The summed E-state index contributed by atoms with van der Waals surface area (Å²) in [6, 6.07) is 8.76. The van der Waals surface area contributed by atoms with E-state index < -0.39 is 23.6 Å². The molecule has 0 unspecified atom stereocenters. The Labute approximate surface area is 184 Å². The topological polar surface area (TPSA) is 96.2 Å². The number of hydrogen-bond acceptors (Lipinski definition) is 4. The first kappa shape index (κ1) is 23.6. The molecule has 0 radical (unpaired) electrons. The summed E-state index contributed by atoms with van der Waals surface area (Å²) in [6.45, 7) is 5.00. The molecular formula is C23H27F3N4O2. The van der Waals surface area contributed by atoms with Crippen LogP contribution in [-0.2, 0) is 17.5 Å². The first-order valence-electron chi connectivity index (χ1n) is 10.3. The maximum atomic E-state index is 12.9. The maximum Gasteiger partial charge on any atom is 0.416 e. The fourth-order valence-corrected chi connectivity index (χ4v) is 3.50. The number of rotatable bonds is 8. The van der Waals surface area contributed by atoms with E-state index in [2.05, 4.69) is 41.1 Å². The maximum absolute atomic E-state index is 12.9. The summed E-state index contributed by atoms with van der Waals surface area (Å²) >= 11 is 0. The van der Waals surface area contributed by atoms with Gasteiger partial charge in [-0.3, -0.25) is 9.59 Å². The average Bonchev–Trinajstić information content (AvgIpc) is 3.46. The zero-order valence-corrected chi connectivity index (χ0v) is 18.0. The number of nitrogens with one attached hydrogen (secondary N) is 3. The highest BCUT2D eigenvalue weighted by Crippen LogP contribution is 2.34. The summed E-state index contributed by atoms with van der Waals surface area (Å²) < 4.78 is 38.6. The number of amides is 2. The fraction of sp³-hybridized carbons (Fsp3) is 0.391. The molecule has 32 heavy (non-hydrogen) atoms. The van der Waals surface area contributed by atoms with Gasteiger partial charge in [0.25, 0.3) is 5.91 Å². The molecule has 2 aromatic rings. The Bertz CT molecular complexity index is 1020. The lowest BCUT2D eigenvalue weighted by Gasteiger charge is -2.19. The van der Waals surface area contributed by atoms with Gasteiger partial charge in [0.05, 0.1) is 23.2 Å². The van der Waals surface area contributed by atoms with Crippen molar-refractivity contribution < 1.29 is 22.8 Å². The molecule has 3 rings (SSSR count). The van der Waals surface area contributed by atoms with Crippen LogP contribution in [0.15, 0.2) is 36.4 Å². The lowest BCUT2D eigenvalue weighted by molar-refractivity contribution is -0.137. The van der Waals surface area contributed by atoms with Crippen molar-refractivity contribution in [1.29, 1.82) is 0 Å². The van der Waals surface area contributed by atoms with E-state index in [0.717, 1.165) is 25.0 Å². The Morgan fingerprint density at radius 2 is 1.81 bits per heavy atom. The highest BCUT2D eigenvalue weighted by atomic mass is 19.4. The van der Waals surface area contributed by atoms with Gasteiger partial charge in [-0.15, -0.1) is 0 Å². The summed E-state index contributed by atoms with van der Waals surface area (Å²) in [4.78, 5) is 24.6. The van der Waals surface area contributed by atoms with Crippen LogP contribution in [0, 0.1) is 13.8 Å². The van der Waals surface area contributed by atoms with Crippen LogP contribution < -0.4 is 21.7 Å². The Hall–Kier alpha value is -3.07. The first-order chi connectivity index (χ1) is 15.0. The van der Waals surface area contributed by atoms with Crippen LogP contribution >= 0.6 is 0 Å². The molecule has 6 nitrogen and oxygen atoms in total. The molecule has 1 aliphatic rings. The zero-order valence-electron chi connectivity index (χ0n) is 18.0. The summed E-state index contributed by atoms with van der Waals surface area (Å²) in [5.41, 5.74) is 7.47. The van der Waals surface area contributed by atoms with Crippen LogP contribution in [0.1, 0.15) is 45.5 Å². The molecule has 1 aliphatic carbocycles. The third-order valence-corrected chi connectivity index (χ3v) is 5.57. The normalized spacial score (nSPS) is 14.7. The van der Waals surface area contributed by atoms with E-state index in [9.17, 15) is 22.8 Å². The molecule has 0 aliphatic heterocycles. The average molecular weight is 448 g/mol. The number of nitrogens with two attached hydrogens (primary N) is 1. The number of alkyl halides is 3. The Balaban J connectivity index is 1.49. The number of aryl methyl sites for hydroxylation is 2. The lowest BCUT2D eigenvalue weighted by Crippen LogP contribution is -2.47. The summed E-state index contributed by atoms with van der Waals surface area (Å²) in [5.74, 6) is -1.24. The monoisotopic (exact) mass is 448 g/mol. The molecule has 1 saturated carbocycles. The van der Waals surface area contributed by atoms with E-state index in [0.29, 0.717) is 19.2 Å². The van der Waals surface area contributed by atoms with Crippen LogP contribution in [0.25, 0.3) is 0 Å². The number of halogens is 3. The zero-order chi connectivity index (χ0) is 23.5. The molecule has 2 amide bonds. The molecule has 9 heteroatoms. The van der Waals surface area contributed by atoms with E-state index in [-0.39, 0.29) is 23.3 Å². The number of hydrogen-bond donors (Lipinski definition) is 4. The van der Waals surface area contributed by atoms with E-state index in [1.807, 2.05) is 6.92 Å². The molecule has 0 bridgehead atoms. The minimum atomic E-state index is -4.59. The smallest absolute Gasteiger partial charge is 0.398 e. The molecular weight excluding hydrogens is 421 g/mol. The number of anilines is 1. The molecule has 172 valence electrons. The summed E-state index contributed by atoms with van der Waals surface area (Å²) in [7, 11) is 0. The Kier molecular flexibility index (Phi) is 6.78. The lowest BCUT2D eigenvalue weighted by atomic mass is 10.1. The first-order valence-corrected chi connectivity index (χ1v) is 10.3. The van der Waals surface area contributed by atoms with Crippen LogP contribution in [0.3, 0.4) is 0 Å². The standard InChI is InChI=1S/C23H27F3N4O2/c1-14-3-4-16(15(2)9-14)11-28-13-22(7-8-22)30-20(31)12-29-21(32)18-10-17(23(24,25)26)5-6-19(18)27/h3-6,9-10,28H,7-8,11-13,27H2,1-2H3,(H,29,32)(H,30,31). The highest BCUT2D eigenvalue weighted by molar-refractivity contribution is 6.00. The van der Waals surface area contributed by atoms with Crippen molar-refractivity contribution in [2.45, 2.75) is 44.9 Å². The van der Waals surface area contributed by atoms with Crippen LogP contribution in [0.4, 0.5) is 18.9 Å². The Morgan fingerprint density at radius 1 is 1.09 bits per heavy atom. The Morgan fingerprint density at radius 3 is 2.44 bits per heavy atom. The largest absolute Gasteiger partial charge is 0.416 e. The van der Waals surface area contributed by atoms with Gasteiger partial charge in [0.1, 0.15) is 0 Å². The van der Waals surface area contributed by atoms with Crippen LogP contribution in [0.2, 0.25) is 0 Å². The second-order valence-electron chi connectivity index (χ2n) is 8.34. The number of nitrogen functional groups attached to an aromatic ring is 1. The quantitative estimate of drug-likeness (QED) is 0.467. The predicted molar refractivity (Wildman–Crippen MR) is 116 cm³/mol. The molecule has 0 saturated heterocycles. The molecule has 0 spiro atoms. The fourth-order valence-electron chi connectivity index (χ4n) is 3.50. The van der Waals surface area contributed by atoms with Gasteiger partial charge in [-0.2, -0.15) is 13.2 Å². The predicted octanol–water partition coefficient (Wildman–Crippen LogP) is 3.07. The number of benzene rings is 2. The molecule has 1 fully saturated rings. The van der Waals surface area contributed by atoms with Gasteiger partial charge in [0, 0.05) is 18.8 Å². The van der Waals surface area contributed by atoms with Crippen molar-refractivity contribution in [3.63, 3.8) is 0 Å². The van der Waals surface area contributed by atoms with Crippen molar-refractivity contribution in [2.24, 2.45) is 0 Å². The van der Waals surface area contributed by atoms with Crippen molar-refractivity contribution in [3.05, 3.63) is 64.2 Å². The van der Waals surface area contributed by atoms with E-state index in [4.69, 9.17) is 5.73 Å². The molecule has 5 N–H and O–H groups in total. The number of carbonyl (C=O) groups is 2. The van der Waals surface area contributed by atoms with Crippen molar-refractivity contribution >= 4 is 17.5 Å². The van der Waals surface area contributed by atoms with Gasteiger partial charge in [-0.25, -0.2) is 0 Å². The van der Waals surface area contributed by atoms with Gasteiger partial charge in [0.15, 0.2) is 0 Å². The molecule has 0 heterocycles. The minimum Gasteiger partial charge on any atom is -0.398 e. The van der Waals surface area contributed by atoms with Crippen LogP contribution in [0.5, 0.6) is 0 Å². The minimum absolute atomic E-state index is 0.0924.